The van der Waals surface area contributed by atoms with E-state index in [1.165, 1.54) is 24.7 Å². The van der Waals surface area contributed by atoms with Crippen molar-refractivity contribution in [1.82, 2.24) is 19.5 Å². The van der Waals surface area contributed by atoms with Gasteiger partial charge in [0.25, 0.3) is 0 Å². The van der Waals surface area contributed by atoms with Gasteiger partial charge in [-0.25, -0.2) is 4.98 Å². The maximum atomic E-state index is 15.1. The number of aryl methyl sites for hydroxylation is 4. The summed E-state index contributed by atoms with van der Waals surface area (Å²) in [6, 6.07) is 7.40. The number of aromatic nitrogens is 4. The highest BCUT2D eigenvalue weighted by molar-refractivity contribution is 5.96. The van der Waals surface area contributed by atoms with Crippen LogP contribution in [0.15, 0.2) is 30.6 Å². The molecule has 0 aliphatic carbocycles. The number of unbranched alkanes of at least 4 members (excludes halogenated alkanes) is 4. The Hall–Kier alpha value is -5.77. The summed E-state index contributed by atoms with van der Waals surface area (Å²) in [5, 5.41) is 2.68. The third kappa shape index (κ3) is 12.5. The van der Waals surface area contributed by atoms with Gasteiger partial charge < -0.3 is 29.0 Å². The van der Waals surface area contributed by atoms with Crippen LogP contribution in [0.5, 0.6) is 11.5 Å². The van der Waals surface area contributed by atoms with Gasteiger partial charge in [-0.05, 0) is 75.4 Å². The first kappa shape index (κ1) is 50.2. The van der Waals surface area contributed by atoms with Crippen LogP contribution in [0.25, 0.3) is 11.2 Å². The Balaban J connectivity index is 1.43. The van der Waals surface area contributed by atoms with E-state index < -0.39 is 58.7 Å². The molecule has 0 unspecified atom stereocenters. The first-order chi connectivity index (χ1) is 30.4. The van der Waals surface area contributed by atoms with Crippen molar-refractivity contribution in [3.63, 3.8) is 0 Å². The van der Waals surface area contributed by atoms with Gasteiger partial charge in [0.1, 0.15) is 36.0 Å². The fourth-order valence-corrected chi connectivity index (χ4v) is 9.04. The van der Waals surface area contributed by atoms with E-state index in [0.29, 0.717) is 29.0 Å². The Bertz CT molecular complexity index is 2450. The molecule has 65 heavy (non-hydrogen) atoms. The normalized spacial score (nSPS) is 17.5. The first-order valence-electron chi connectivity index (χ1n) is 22.3. The molecule has 0 saturated carbocycles. The lowest BCUT2D eigenvalue weighted by atomic mass is 9.78. The molecule has 1 aliphatic rings. The molecule has 2 aromatic heterocycles. The van der Waals surface area contributed by atoms with Gasteiger partial charge in [0, 0.05) is 48.6 Å². The van der Waals surface area contributed by atoms with Crippen LogP contribution in [-0.4, -0.2) is 67.6 Å². The smallest absolute Gasteiger partial charge is 0.312 e. The molecule has 352 valence electrons. The second kappa shape index (κ2) is 20.6. The third-order valence-electron chi connectivity index (χ3n) is 11.7. The lowest BCUT2D eigenvalue weighted by Gasteiger charge is -2.33. The molecular formula is C49H64FN5O10. The maximum absolute atomic E-state index is 15.1. The van der Waals surface area contributed by atoms with E-state index in [0.717, 1.165) is 47.9 Å². The number of benzene rings is 2. The fourth-order valence-electron chi connectivity index (χ4n) is 9.04. The molecule has 3 atom stereocenters. The number of nitrogens with zero attached hydrogens (tertiary/aromatic N) is 4. The van der Waals surface area contributed by atoms with Crippen molar-refractivity contribution >= 4 is 46.8 Å². The highest BCUT2D eigenvalue weighted by Crippen LogP contribution is 2.43. The minimum Gasteiger partial charge on any atom is -0.462 e. The zero-order chi connectivity index (χ0) is 48.0. The monoisotopic (exact) mass is 901 g/mol. The van der Waals surface area contributed by atoms with Gasteiger partial charge in [-0.3, -0.25) is 28.5 Å². The van der Waals surface area contributed by atoms with Gasteiger partial charge in [-0.2, -0.15) is 14.4 Å². The number of carbonyl (C=O) groups is 5. The van der Waals surface area contributed by atoms with Gasteiger partial charge in [0.15, 0.2) is 17.0 Å². The number of hydrogen-bond donors (Lipinski definition) is 1. The topological polar surface area (TPSA) is 187 Å². The quantitative estimate of drug-likeness (QED) is 0.0407. The molecule has 0 bridgehead atoms. The minimum absolute atomic E-state index is 0.0127. The van der Waals surface area contributed by atoms with Crippen LogP contribution in [0.3, 0.4) is 0 Å². The van der Waals surface area contributed by atoms with Gasteiger partial charge in [-0.15, -0.1) is 0 Å². The predicted molar refractivity (Wildman–Crippen MR) is 241 cm³/mol. The van der Waals surface area contributed by atoms with Crippen LogP contribution < -0.4 is 14.8 Å². The molecule has 5 rings (SSSR count). The van der Waals surface area contributed by atoms with E-state index in [-0.39, 0.29) is 55.2 Å². The Morgan fingerprint density at radius 3 is 1.94 bits per heavy atom. The number of anilines is 1. The number of rotatable bonds is 19. The Labute approximate surface area is 380 Å². The molecule has 15 nitrogen and oxygen atoms in total. The van der Waals surface area contributed by atoms with E-state index in [4.69, 9.17) is 23.7 Å². The first-order valence-corrected chi connectivity index (χ1v) is 22.3. The number of imidazole rings is 1. The summed E-state index contributed by atoms with van der Waals surface area (Å²) in [7, 11) is 0. The average molecular weight is 902 g/mol. The molecule has 0 spiro atoms. The van der Waals surface area contributed by atoms with Crippen molar-refractivity contribution in [2.24, 2.45) is 0 Å². The van der Waals surface area contributed by atoms with Gasteiger partial charge in [-0.1, -0.05) is 72.4 Å². The number of hydrogen-bond acceptors (Lipinski definition) is 13. The van der Waals surface area contributed by atoms with E-state index >= 15 is 4.39 Å². The number of carbonyl (C=O) groups excluding carboxylic acids is 5. The summed E-state index contributed by atoms with van der Waals surface area (Å²) in [5.41, 5.74) is 1.75. The number of amides is 1. The maximum Gasteiger partial charge on any atom is 0.312 e. The van der Waals surface area contributed by atoms with Crippen molar-refractivity contribution in [3.8, 4) is 11.5 Å². The standard InChI is InChI=1S/C49H64FN5O10/c1-13-14-15-16-17-18-37(58)52-44-43-45(54-46(50)53-44)55(27-51-43)38-23-36(64-40(60)25-48(10,11)42-31(5)20-29(3)22-35(42)63-33(7)57)49(12,65-38)26-61-39(59)24-47(8,9)41-30(4)19-28(2)21-34(41)62-32(6)56/h19-22,27,36,38H,13-18,23-26H2,1-12H3,(H,52,53,54,58)/t36-,38+,49+/m0/s1. The van der Waals surface area contributed by atoms with Crippen molar-refractivity contribution in [1.29, 1.82) is 0 Å². The van der Waals surface area contributed by atoms with Crippen LogP contribution in [0, 0.1) is 33.8 Å². The minimum atomic E-state index is -1.45. The van der Waals surface area contributed by atoms with E-state index in [1.54, 1.807) is 19.1 Å². The summed E-state index contributed by atoms with van der Waals surface area (Å²) < 4.78 is 46.6. The molecule has 1 aliphatic heterocycles. The number of ether oxygens (including phenoxy) is 5. The number of halogens is 1. The predicted octanol–water partition coefficient (Wildman–Crippen LogP) is 9.22. The molecule has 4 aromatic rings. The third-order valence-corrected chi connectivity index (χ3v) is 11.7. The highest BCUT2D eigenvalue weighted by Gasteiger charge is 2.50. The Morgan fingerprint density at radius 1 is 0.831 bits per heavy atom. The summed E-state index contributed by atoms with van der Waals surface area (Å²) in [6.45, 7) is 21.0. The lowest BCUT2D eigenvalue weighted by Crippen LogP contribution is -2.44. The van der Waals surface area contributed by atoms with Gasteiger partial charge in [0.05, 0.1) is 19.2 Å². The number of nitrogens with one attached hydrogen (secondary N) is 1. The molecule has 1 N–H and O–H groups in total. The largest absolute Gasteiger partial charge is 0.462 e. The van der Waals surface area contributed by atoms with E-state index in [2.05, 4.69) is 27.2 Å². The molecule has 16 heteroatoms. The summed E-state index contributed by atoms with van der Waals surface area (Å²) >= 11 is 0. The van der Waals surface area contributed by atoms with Crippen LogP contribution in [0.1, 0.15) is 153 Å². The molecule has 1 saturated heterocycles. The fraction of sp³-hybridized carbons (Fsp3) is 0.551. The van der Waals surface area contributed by atoms with Crippen LogP contribution >= 0.6 is 0 Å². The van der Waals surface area contributed by atoms with Crippen LogP contribution in [0.4, 0.5) is 10.2 Å². The van der Waals surface area contributed by atoms with Crippen LogP contribution in [0.2, 0.25) is 0 Å². The summed E-state index contributed by atoms with van der Waals surface area (Å²) in [5.74, 6) is -1.91. The number of esters is 4. The lowest BCUT2D eigenvalue weighted by molar-refractivity contribution is -0.175. The summed E-state index contributed by atoms with van der Waals surface area (Å²) in [6.07, 6.45) is 3.03. The van der Waals surface area contributed by atoms with Gasteiger partial charge >= 0.3 is 30.0 Å². The second-order valence-electron chi connectivity index (χ2n) is 18.9. The van der Waals surface area contributed by atoms with Crippen LogP contribution in [-0.2, 0) is 49.0 Å². The molecule has 0 radical (unpaired) electrons. The second-order valence-corrected chi connectivity index (χ2v) is 18.9. The van der Waals surface area contributed by atoms with E-state index in [9.17, 15) is 24.0 Å². The van der Waals surface area contributed by atoms with Gasteiger partial charge in [0.2, 0.25) is 5.91 Å². The zero-order valence-corrected chi connectivity index (χ0v) is 39.9. The Kier molecular flexibility index (Phi) is 15.9. The zero-order valence-electron chi connectivity index (χ0n) is 39.9. The van der Waals surface area contributed by atoms with Crippen molar-refractivity contribution in [2.45, 2.75) is 170 Å². The average Bonchev–Trinajstić information content (AvgIpc) is 3.72. The number of fused-ring (bicyclic) bond motifs is 1. The van der Waals surface area contributed by atoms with E-state index in [1.807, 2.05) is 67.5 Å². The van der Waals surface area contributed by atoms with Crippen molar-refractivity contribution in [2.75, 3.05) is 11.9 Å². The summed E-state index contributed by atoms with van der Waals surface area (Å²) in [4.78, 5) is 77.2. The SMILES string of the molecule is CCCCCCCC(=O)Nc1nc(F)nc2c1ncn2[C@H]1C[C@H](OC(=O)CC(C)(C)c2c(C)cc(C)cc2OC(C)=O)[C@@](C)(COC(=O)CC(C)(C)c2c(C)cc(C)cc2OC(C)=O)O1. The molecular weight excluding hydrogens is 838 g/mol. The molecule has 1 amide bonds. The van der Waals surface area contributed by atoms with Crippen molar-refractivity contribution in [3.05, 3.63) is 70.1 Å². The van der Waals surface area contributed by atoms with Crippen molar-refractivity contribution < 1.29 is 52.0 Å². The molecule has 1 fully saturated rings. The highest BCUT2D eigenvalue weighted by atomic mass is 19.1. The Morgan fingerprint density at radius 2 is 1.38 bits per heavy atom. The molecule has 3 heterocycles. The molecule has 2 aromatic carbocycles.